The topological polar surface area (TPSA) is 126 Å². The highest BCUT2D eigenvalue weighted by molar-refractivity contribution is 7.99. The molecule has 0 unspecified atom stereocenters. The van der Waals surface area contributed by atoms with Gasteiger partial charge in [0.2, 0.25) is 0 Å². The van der Waals surface area contributed by atoms with Crippen LogP contribution in [-0.4, -0.2) is 87.7 Å². The molecule has 0 radical (unpaired) electrons. The summed E-state index contributed by atoms with van der Waals surface area (Å²) in [6.07, 6.45) is 4.32. The Morgan fingerprint density at radius 3 is 2.45 bits per heavy atom. The number of anilines is 2. The second-order valence-corrected chi connectivity index (χ2v) is 16.4. The number of fused-ring (bicyclic) bond motifs is 1. The lowest BCUT2D eigenvalue weighted by molar-refractivity contribution is 0.0583. The summed E-state index contributed by atoms with van der Waals surface area (Å²) in [5.74, 6) is -0.452. The van der Waals surface area contributed by atoms with Gasteiger partial charge in [0, 0.05) is 78.6 Å². The van der Waals surface area contributed by atoms with Crippen LogP contribution in [0.15, 0.2) is 95.0 Å². The zero-order valence-corrected chi connectivity index (χ0v) is 33.4. The molecule has 290 valence electrons. The smallest absolute Gasteiger partial charge is 0.414 e. The predicted molar refractivity (Wildman–Crippen MR) is 219 cm³/mol. The fourth-order valence-corrected chi connectivity index (χ4v) is 7.91. The number of rotatable bonds is 10. The van der Waals surface area contributed by atoms with Crippen LogP contribution >= 0.6 is 11.8 Å². The Kier molecular flexibility index (Phi) is 11.4. The summed E-state index contributed by atoms with van der Waals surface area (Å²) in [5.41, 5.74) is 7.07. The number of carbonyl (C=O) groups is 3. The number of piperazine rings is 1. The maximum atomic E-state index is 13.5. The van der Waals surface area contributed by atoms with Crippen molar-refractivity contribution < 1.29 is 19.1 Å². The number of aromatic nitrogens is 4. The SMILES string of the molecule is Cc1ccc(Sc2ccc(N3CCN(C(=O)c4ccnc(C(=O)NCCCn5cc(-c6cccc7c6N(C(=O)OC(C)(C)C)CC7)nn5)c4)CC3)cc2)c(C)c1. The monoisotopic (exact) mass is 772 g/mol. The molecule has 5 aromatic rings. The van der Waals surface area contributed by atoms with E-state index < -0.39 is 5.60 Å². The summed E-state index contributed by atoms with van der Waals surface area (Å²) in [4.78, 5) is 52.0. The molecule has 0 bridgehead atoms. The minimum Gasteiger partial charge on any atom is -0.443 e. The molecule has 1 fully saturated rings. The third-order valence-electron chi connectivity index (χ3n) is 9.84. The molecule has 1 saturated heterocycles. The fraction of sp³-hybridized carbons (Fsp3) is 0.349. The Bertz CT molecular complexity index is 2220. The van der Waals surface area contributed by atoms with Crippen LogP contribution in [0.3, 0.4) is 0 Å². The van der Waals surface area contributed by atoms with Gasteiger partial charge in [0.15, 0.2) is 0 Å². The lowest BCUT2D eigenvalue weighted by Crippen LogP contribution is -2.48. The highest BCUT2D eigenvalue weighted by atomic mass is 32.2. The molecule has 13 heteroatoms. The van der Waals surface area contributed by atoms with E-state index in [1.807, 2.05) is 50.1 Å². The number of hydrogen-bond acceptors (Lipinski definition) is 9. The average molecular weight is 773 g/mol. The molecule has 56 heavy (non-hydrogen) atoms. The summed E-state index contributed by atoms with van der Waals surface area (Å²) < 4.78 is 7.39. The summed E-state index contributed by atoms with van der Waals surface area (Å²) in [5, 5.41) is 11.6. The quantitative estimate of drug-likeness (QED) is 0.147. The van der Waals surface area contributed by atoms with Crippen molar-refractivity contribution in [2.45, 2.75) is 69.4 Å². The van der Waals surface area contributed by atoms with Crippen LogP contribution in [0.5, 0.6) is 0 Å². The Morgan fingerprint density at radius 2 is 1.70 bits per heavy atom. The second kappa shape index (κ2) is 16.6. The normalized spacial score (nSPS) is 14.1. The van der Waals surface area contributed by atoms with Gasteiger partial charge in [-0.3, -0.25) is 24.2 Å². The van der Waals surface area contributed by atoms with E-state index in [2.05, 4.69) is 81.8 Å². The van der Waals surface area contributed by atoms with E-state index in [1.165, 1.54) is 27.1 Å². The first kappa shape index (κ1) is 38.6. The minimum absolute atomic E-state index is 0.110. The van der Waals surface area contributed by atoms with Crippen LogP contribution in [0.2, 0.25) is 0 Å². The van der Waals surface area contributed by atoms with E-state index in [0.29, 0.717) is 50.4 Å². The van der Waals surface area contributed by atoms with Gasteiger partial charge >= 0.3 is 6.09 Å². The third kappa shape index (κ3) is 9.05. The molecule has 4 heterocycles. The Labute approximate surface area is 332 Å². The number of ether oxygens (including phenoxy) is 1. The van der Waals surface area contributed by atoms with E-state index in [0.717, 1.165) is 42.0 Å². The maximum Gasteiger partial charge on any atom is 0.414 e. The van der Waals surface area contributed by atoms with Gasteiger partial charge in [-0.05, 0) is 101 Å². The molecule has 0 spiro atoms. The first-order valence-electron chi connectivity index (χ1n) is 19.1. The van der Waals surface area contributed by atoms with Crippen molar-refractivity contribution in [3.63, 3.8) is 0 Å². The fourth-order valence-electron chi connectivity index (χ4n) is 7.03. The predicted octanol–water partition coefficient (Wildman–Crippen LogP) is 7.19. The van der Waals surface area contributed by atoms with Gasteiger partial charge in [-0.1, -0.05) is 52.9 Å². The van der Waals surface area contributed by atoms with Crippen molar-refractivity contribution in [2.24, 2.45) is 0 Å². The number of nitrogens with one attached hydrogen (secondary N) is 1. The first-order valence-corrected chi connectivity index (χ1v) is 19.9. The molecule has 2 aliphatic rings. The van der Waals surface area contributed by atoms with Gasteiger partial charge in [0.1, 0.15) is 17.0 Å². The third-order valence-corrected chi connectivity index (χ3v) is 11.0. The van der Waals surface area contributed by atoms with Crippen LogP contribution in [0, 0.1) is 13.8 Å². The molecule has 1 N–H and O–H groups in total. The lowest BCUT2D eigenvalue weighted by atomic mass is 10.1. The second-order valence-electron chi connectivity index (χ2n) is 15.2. The van der Waals surface area contributed by atoms with Crippen LogP contribution in [-0.2, 0) is 17.7 Å². The molecule has 12 nitrogen and oxygen atoms in total. The number of amides is 3. The van der Waals surface area contributed by atoms with E-state index in [9.17, 15) is 14.4 Å². The number of pyridine rings is 1. The molecule has 0 saturated carbocycles. The first-order chi connectivity index (χ1) is 26.9. The van der Waals surface area contributed by atoms with Crippen LogP contribution < -0.4 is 15.1 Å². The molecule has 7 rings (SSSR count). The van der Waals surface area contributed by atoms with Crippen molar-refractivity contribution in [1.82, 2.24) is 30.2 Å². The summed E-state index contributed by atoms with van der Waals surface area (Å²) in [6, 6.07) is 24.3. The zero-order chi connectivity index (χ0) is 39.4. The maximum absolute atomic E-state index is 13.5. The molecule has 2 aromatic heterocycles. The van der Waals surface area contributed by atoms with Crippen LogP contribution in [0.4, 0.5) is 16.2 Å². The van der Waals surface area contributed by atoms with Crippen molar-refractivity contribution in [3.05, 3.63) is 113 Å². The van der Waals surface area contributed by atoms with Gasteiger partial charge in [-0.2, -0.15) is 0 Å². The molecule has 0 aliphatic carbocycles. The van der Waals surface area contributed by atoms with Gasteiger partial charge in [-0.15, -0.1) is 5.10 Å². The lowest BCUT2D eigenvalue weighted by Gasteiger charge is -2.36. The molecular formula is C43H48N8O4S. The number of aryl methyl sites for hydroxylation is 3. The molecule has 0 atom stereocenters. The number of para-hydroxylation sites is 1. The zero-order valence-electron chi connectivity index (χ0n) is 32.6. The van der Waals surface area contributed by atoms with Crippen molar-refractivity contribution in [2.75, 3.05) is 49.1 Å². The Balaban J connectivity index is 0.878. The van der Waals surface area contributed by atoms with Gasteiger partial charge in [0.25, 0.3) is 11.8 Å². The van der Waals surface area contributed by atoms with E-state index in [1.54, 1.807) is 33.5 Å². The van der Waals surface area contributed by atoms with Crippen molar-refractivity contribution in [3.8, 4) is 11.3 Å². The summed E-state index contributed by atoms with van der Waals surface area (Å²) in [7, 11) is 0. The Hall–Kier alpha value is -5.69. The molecule has 2 aliphatic heterocycles. The van der Waals surface area contributed by atoms with Gasteiger partial charge in [0.05, 0.1) is 11.9 Å². The van der Waals surface area contributed by atoms with Crippen LogP contribution in [0.25, 0.3) is 11.3 Å². The highest BCUT2D eigenvalue weighted by Crippen LogP contribution is 2.38. The van der Waals surface area contributed by atoms with Gasteiger partial charge < -0.3 is 19.9 Å². The number of hydrogen-bond donors (Lipinski definition) is 1. The van der Waals surface area contributed by atoms with E-state index in [-0.39, 0.29) is 23.6 Å². The van der Waals surface area contributed by atoms with Gasteiger partial charge in [-0.25, -0.2) is 4.79 Å². The summed E-state index contributed by atoms with van der Waals surface area (Å²) in [6.45, 7) is 13.9. The average Bonchev–Trinajstić information content (AvgIpc) is 3.85. The van der Waals surface area contributed by atoms with Crippen molar-refractivity contribution in [1.29, 1.82) is 0 Å². The largest absolute Gasteiger partial charge is 0.443 e. The number of benzene rings is 3. The summed E-state index contributed by atoms with van der Waals surface area (Å²) >= 11 is 1.77. The van der Waals surface area contributed by atoms with Crippen molar-refractivity contribution >= 4 is 41.0 Å². The number of nitrogens with zero attached hydrogens (tertiary/aromatic N) is 7. The molecular weight excluding hydrogens is 725 g/mol. The Morgan fingerprint density at radius 1 is 0.911 bits per heavy atom. The van der Waals surface area contributed by atoms with E-state index in [4.69, 9.17) is 4.74 Å². The van der Waals surface area contributed by atoms with Crippen LogP contribution in [0.1, 0.15) is 64.7 Å². The van der Waals surface area contributed by atoms with E-state index >= 15 is 0 Å². The molecule has 3 amide bonds. The standard InChI is InChI=1S/C43H48N8O4S/c1-29-10-15-38(30(2)26-29)56-34-13-11-33(12-14-34)48-22-24-49(25-23-48)41(53)32-16-19-44-36(27-32)40(52)45-18-7-20-50-28-37(46-47-50)35-9-6-8-31-17-21-51(39(31)35)42(54)55-43(3,4)5/h6,8-16,19,26-28H,7,17-18,20-25H2,1-5H3,(H,45,52). The molecule has 3 aromatic carbocycles. The highest BCUT2D eigenvalue weighted by Gasteiger charge is 2.32. The number of carbonyl (C=O) groups excluding carboxylic acids is 3. The minimum atomic E-state index is -0.600.